The predicted octanol–water partition coefficient (Wildman–Crippen LogP) is 0.159. The molecule has 1 aromatic rings. The van der Waals surface area contributed by atoms with Crippen molar-refractivity contribution in [2.45, 2.75) is 56.6 Å². The van der Waals surface area contributed by atoms with Gasteiger partial charge in [-0.1, -0.05) is 19.3 Å². The van der Waals surface area contributed by atoms with Crippen molar-refractivity contribution < 1.29 is 33.5 Å². The summed E-state index contributed by atoms with van der Waals surface area (Å²) >= 11 is 0. The maximum absolute atomic E-state index is 12.1. The molecule has 2 fully saturated rings. The summed E-state index contributed by atoms with van der Waals surface area (Å²) in [7, 11) is -4.34. The van der Waals surface area contributed by atoms with Crippen molar-refractivity contribution in [2.24, 2.45) is 5.92 Å². The molecular weight excluding hydrogens is 393 g/mol. The van der Waals surface area contributed by atoms with Crippen LogP contribution in [0.5, 0.6) is 0 Å². The molecule has 0 spiro atoms. The minimum atomic E-state index is -4.34. The number of nitrogens with zero attached hydrogens (tertiary/aromatic N) is 2. The summed E-state index contributed by atoms with van der Waals surface area (Å²) in [5.74, 6) is 0.229. The summed E-state index contributed by atoms with van der Waals surface area (Å²) in [5.41, 5.74) is 4.66. The zero-order valence-corrected chi connectivity index (χ0v) is 16.2. The fourth-order valence-electron chi connectivity index (χ4n) is 3.47. The van der Waals surface area contributed by atoms with Gasteiger partial charge in [-0.3, -0.25) is 13.6 Å². The average Bonchev–Trinajstić information content (AvgIpc) is 2.94. The van der Waals surface area contributed by atoms with E-state index in [9.17, 15) is 24.5 Å². The second kappa shape index (κ2) is 9.00. The van der Waals surface area contributed by atoms with E-state index < -0.39 is 44.7 Å². The van der Waals surface area contributed by atoms with Crippen LogP contribution >= 0.6 is 7.82 Å². The molecule has 1 aliphatic carbocycles. The molecule has 5 N–H and O–H groups in total. The highest BCUT2D eigenvalue weighted by atomic mass is 31.2. The van der Waals surface area contributed by atoms with Gasteiger partial charge < -0.3 is 25.6 Å². The second-order valence-electron chi connectivity index (χ2n) is 7.15. The molecule has 0 bridgehead atoms. The van der Waals surface area contributed by atoms with Crippen molar-refractivity contribution in [1.29, 1.82) is 0 Å². The lowest BCUT2D eigenvalue weighted by molar-refractivity contribution is -0.0554. The molecule has 2 unspecified atom stereocenters. The monoisotopic (exact) mass is 419 g/mol. The summed E-state index contributed by atoms with van der Waals surface area (Å²) in [4.78, 5) is 25.3. The van der Waals surface area contributed by atoms with Gasteiger partial charge in [-0.15, -0.1) is 0 Å². The van der Waals surface area contributed by atoms with E-state index in [1.165, 1.54) is 12.3 Å². The maximum atomic E-state index is 12.1. The van der Waals surface area contributed by atoms with Gasteiger partial charge in [0, 0.05) is 6.20 Å². The highest BCUT2D eigenvalue weighted by Crippen LogP contribution is 2.45. The molecule has 0 radical (unpaired) electrons. The quantitative estimate of drug-likeness (QED) is 0.447. The largest absolute Gasteiger partial charge is 0.472 e. The van der Waals surface area contributed by atoms with E-state index in [4.69, 9.17) is 19.5 Å². The predicted molar refractivity (Wildman–Crippen MR) is 97.1 cm³/mol. The van der Waals surface area contributed by atoms with E-state index in [1.54, 1.807) is 0 Å². The van der Waals surface area contributed by atoms with Gasteiger partial charge in [0.15, 0.2) is 6.23 Å². The van der Waals surface area contributed by atoms with Gasteiger partial charge in [0.05, 0.1) is 13.2 Å². The first-order valence-electron chi connectivity index (χ1n) is 9.25. The maximum Gasteiger partial charge on any atom is 0.472 e. The summed E-state index contributed by atoms with van der Waals surface area (Å²) in [6.45, 7) is -0.371. The Kier molecular flexibility index (Phi) is 6.87. The molecule has 1 saturated heterocycles. The molecule has 11 nitrogen and oxygen atoms in total. The van der Waals surface area contributed by atoms with Crippen molar-refractivity contribution in [1.82, 2.24) is 9.55 Å². The van der Waals surface area contributed by atoms with E-state index in [0.29, 0.717) is 0 Å². The Morgan fingerprint density at radius 1 is 1.21 bits per heavy atom. The Labute approximate surface area is 161 Å². The van der Waals surface area contributed by atoms with Crippen molar-refractivity contribution in [3.63, 3.8) is 0 Å². The fourth-order valence-corrected chi connectivity index (χ4v) is 4.28. The van der Waals surface area contributed by atoms with Gasteiger partial charge in [-0.25, -0.2) is 9.36 Å². The van der Waals surface area contributed by atoms with Crippen LogP contribution < -0.4 is 11.4 Å². The van der Waals surface area contributed by atoms with Crippen LogP contribution in [0.25, 0.3) is 0 Å². The van der Waals surface area contributed by atoms with Crippen LogP contribution in [0.4, 0.5) is 5.82 Å². The number of ether oxygens (including phenoxy) is 1. The first-order chi connectivity index (χ1) is 13.3. The highest BCUT2D eigenvalue weighted by molar-refractivity contribution is 7.47. The van der Waals surface area contributed by atoms with Gasteiger partial charge in [-0.05, 0) is 24.8 Å². The average molecular weight is 419 g/mol. The number of aromatic nitrogens is 2. The van der Waals surface area contributed by atoms with Gasteiger partial charge in [-0.2, -0.15) is 4.98 Å². The molecule has 0 amide bonds. The number of aliphatic hydroxyl groups excluding tert-OH is 2. The van der Waals surface area contributed by atoms with Crippen molar-refractivity contribution in [2.75, 3.05) is 18.9 Å². The third kappa shape index (κ3) is 5.18. The number of hydrogen-bond donors (Lipinski definition) is 4. The normalized spacial score (nSPS) is 31.0. The Hall–Kier alpha value is -1.33. The van der Waals surface area contributed by atoms with Crippen molar-refractivity contribution in [3.8, 4) is 0 Å². The second-order valence-corrected chi connectivity index (χ2v) is 8.61. The smallest absolute Gasteiger partial charge is 0.387 e. The van der Waals surface area contributed by atoms with Gasteiger partial charge in [0.1, 0.15) is 24.1 Å². The number of nitrogens with two attached hydrogens (primary N) is 1. The van der Waals surface area contributed by atoms with E-state index in [0.717, 1.165) is 36.7 Å². The number of phosphoric ester groups is 1. The van der Waals surface area contributed by atoms with E-state index >= 15 is 0 Å². The number of hydrogen-bond acceptors (Lipinski definition) is 9. The topological polar surface area (TPSA) is 166 Å². The first-order valence-corrected chi connectivity index (χ1v) is 10.7. The fraction of sp³-hybridized carbons (Fsp3) is 0.750. The van der Waals surface area contributed by atoms with Crippen molar-refractivity contribution in [3.05, 3.63) is 22.7 Å². The van der Waals surface area contributed by atoms with E-state index in [2.05, 4.69) is 4.98 Å². The standard InChI is InChI=1S/C16H26N3O8P/c17-12-6-7-19(16(22)18-12)15-14(21)13(20)11(27-15)9-26-28(23,24)25-8-10-4-2-1-3-5-10/h6-7,10-11,13-15,20-21H,1-5,8-9H2,(H,23,24)(H2,17,18,22)/t11-,13-,14+,15?/m1/s1. The van der Waals surface area contributed by atoms with Crippen molar-refractivity contribution >= 4 is 13.6 Å². The number of aliphatic hydroxyl groups is 2. The molecular formula is C16H26N3O8P. The third-order valence-corrected chi connectivity index (χ3v) is 6.01. The first kappa shape index (κ1) is 21.4. The summed E-state index contributed by atoms with van der Waals surface area (Å²) < 4.78 is 28.5. The van der Waals surface area contributed by atoms with E-state index in [1.807, 2.05) is 0 Å². The zero-order valence-electron chi connectivity index (χ0n) is 15.3. The van der Waals surface area contributed by atoms with Crippen LogP contribution in [0.1, 0.15) is 38.3 Å². The third-order valence-electron chi connectivity index (χ3n) is 5.06. The van der Waals surface area contributed by atoms with Gasteiger partial charge in [0.2, 0.25) is 0 Å². The molecule has 5 atom stereocenters. The van der Waals surface area contributed by atoms with Crippen LogP contribution in [0.3, 0.4) is 0 Å². The number of phosphoric acid groups is 1. The van der Waals surface area contributed by atoms with Gasteiger partial charge >= 0.3 is 13.5 Å². The molecule has 158 valence electrons. The molecule has 1 saturated carbocycles. The van der Waals surface area contributed by atoms with Gasteiger partial charge in [0.25, 0.3) is 0 Å². The SMILES string of the molecule is Nc1ccn(C2O[C@H](COP(=O)(O)OCC3CCCCC3)[C@@H](O)[C@@H]2O)c(=O)n1. The molecule has 28 heavy (non-hydrogen) atoms. The molecule has 1 aliphatic heterocycles. The molecule has 0 aromatic carbocycles. The minimum absolute atomic E-state index is 0.00509. The Bertz CT molecular complexity index is 769. The molecule has 2 heterocycles. The molecule has 1 aromatic heterocycles. The highest BCUT2D eigenvalue weighted by Gasteiger charge is 2.45. The Morgan fingerprint density at radius 3 is 2.57 bits per heavy atom. The van der Waals surface area contributed by atoms with Crippen LogP contribution in [0, 0.1) is 5.92 Å². The Balaban J connectivity index is 1.55. The lowest BCUT2D eigenvalue weighted by Crippen LogP contribution is -2.36. The Morgan fingerprint density at radius 2 is 1.89 bits per heavy atom. The van der Waals surface area contributed by atoms with Crippen LogP contribution in [0.2, 0.25) is 0 Å². The number of rotatable bonds is 7. The molecule has 2 aliphatic rings. The zero-order chi connectivity index (χ0) is 20.3. The molecule has 12 heteroatoms. The molecule has 3 rings (SSSR count). The van der Waals surface area contributed by atoms with Crippen LogP contribution in [-0.4, -0.2) is 56.2 Å². The van der Waals surface area contributed by atoms with Crippen LogP contribution in [0.15, 0.2) is 17.1 Å². The van der Waals surface area contributed by atoms with E-state index in [-0.39, 0.29) is 18.3 Å². The van der Waals surface area contributed by atoms with Crippen LogP contribution in [-0.2, 0) is 18.3 Å². The number of nitrogen functional groups attached to an aromatic ring is 1. The lowest BCUT2D eigenvalue weighted by atomic mass is 9.90. The number of anilines is 1. The lowest BCUT2D eigenvalue weighted by Gasteiger charge is -2.23. The minimum Gasteiger partial charge on any atom is -0.387 e. The summed E-state index contributed by atoms with van der Waals surface area (Å²) in [6.07, 6.45) is 1.22. The summed E-state index contributed by atoms with van der Waals surface area (Å²) in [5, 5.41) is 20.3. The summed E-state index contributed by atoms with van der Waals surface area (Å²) in [6, 6.07) is 1.34.